The van der Waals surface area contributed by atoms with E-state index in [1.165, 1.54) is 10.8 Å². The van der Waals surface area contributed by atoms with E-state index in [4.69, 9.17) is 15.0 Å². The van der Waals surface area contributed by atoms with Gasteiger partial charge in [-0.2, -0.15) is 0 Å². The van der Waals surface area contributed by atoms with Gasteiger partial charge >= 0.3 is 0 Å². The molecule has 0 aliphatic carbocycles. The highest BCUT2D eigenvalue weighted by Crippen LogP contribution is 2.38. The van der Waals surface area contributed by atoms with Gasteiger partial charge in [0.15, 0.2) is 5.82 Å². The molecule has 0 spiro atoms. The van der Waals surface area contributed by atoms with Gasteiger partial charge in [0.25, 0.3) is 0 Å². The lowest BCUT2D eigenvalue weighted by atomic mass is 9.93. The van der Waals surface area contributed by atoms with Gasteiger partial charge in [-0.25, -0.2) is 15.0 Å². The van der Waals surface area contributed by atoms with E-state index in [0.717, 1.165) is 55.9 Å². The molecule has 4 aromatic carbocycles. The molecule has 4 aromatic heterocycles. The Labute approximate surface area is 254 Å². The SMILES string of the molecule is c1ccc(-c2cc(-c3cccc(-c4cc(-c5ccccn5)nc(-c5ccccn5)n4)c3)c3c(ccc4ccccc43)n2)cc1. The molecule has 0 saturated heterocycles. The summed E-state index contributed by atoms with van der Waals surface area (Å²) < 4.78 is 0. The van der Waals surface area contributed by atoms with Crippen LogP contribution in [0.3, 0.4) is 0 Å². The molecule has 8 aromatic rings. The van der Waals surface area contributed by atoms with Crippen LogP contribution in [0.15, 0.2) is 152 Å². The van der Waals surface area contributed by atoms with Crippen LogP contribution >= 0.6 is 0 Å². The second kappa shape index (κ2) is 11.0. The number of hydrogen-bond donors (Lipinski definition) is 0. The highest BCUT2D eigenvalue weighted by atomic mass is 14.9. The van der Waals surface area contributed by atoms with Gasteiger partial charge in [-0.3, -0.25) is 9.97 Å². The van der Waals surface area contributed by atoms with Crippen molar-refractivity contribution in [2.75, 3.05) is 0 Å². The largest absolute Gasteiger partial charge is 0.255 e. The van der Waals surface area contributed by atoms with Crippen LogP contribution in [0, 0.1) is 0 Å². The molecule has 0 fully saturated rings. The fourth-order valence-electron chi connectivity index (χ4n) is 5.69. The Morgan fingerprint density at radius 1 is 0.386 bits per heavy atom. The van der Waals surface area contributed by atoms with E-state index < -0.39 is 0 Å². The Balaban J connectivity index is 1.35. The molecule has 0 aliphatic rings. The van der Waals surface area contributed by atoms with Gasteiger partial charge < -0.3 is 0 Å². The average molecular weight is 564 g/mol. The Morgan fingerprint density at radius 3 is 1.89 bits per heavy atom. The summed E-state index contributed by atoms with van der Waals surface area (Å²) in [6.45, 7) is 0. The molecule has 5 nitrogen and oxygen atoms in total. The van der Waals surface area contributed by atoms with Crippen molar-refractivity contribution >= 4 is 21.7 Å². The predicted molar refractivity (Wildman–Crippen MR) is 178 cm³/mol. The molecule has 0 unspecified atom stereocenters. The molecule has 0 bridgehead atoms. The predicted octanol–water partition coefficient (Wildman–Crippen LogP) is 9.30. The standard InChI is InChI=1S/C39H25N5/c1-2-12-27(13-3-1)35-24-31(38-30-16-5-4-11-26(30)19-20-33(38)42-35)28-14-10-15-29(23-28)36-25-37(32-17-6-8-21-40-32)44-39(43-36)34-18-7-9-22-41-34/h1-25H. The number of hydrogen-bond acceptors (Lipinski definition) is 5. The summed E-state index contributed by atoms with van der Waals surface area (Å²) >= 11 is 0. The maximum absolute atomic E-state index is 5.12. The minimum atomic E-state index is 0.556. The molecule has 0 N–H and O–H groups in total. The van der Waals surface area contributed by atoms with Crippen molar-refractivity contribution in [2.24, 2.45) is 0 Å². The lowest BCUT2D eigenvalue weighted by molar-refractivity contribution is 1.13. The Kier molecular flexibility index (Phi) is 6.39. The van der Waals surface area contributed by atoms with Crippen LogP contribution in [0.2, 0.25) is 0 Å². The van der Waals surface area contributed by atoms with Gasteiger partial charge in [-0.15, -0.1) is 0 Å². The summed E-state index contributed by atoms with van der Waals surface area (Å²) in [4.78, 5) is 24.1. The minimum Gasteiger partial charge on any atom is -0.255 e. The second-order valence-corrected chi connectivity index (χ2v) is 10.6. The van der Waals surface area contributed by atoms with Gasteiger partial charge in [0.05, 0.1) is 28.3 Å². The summed E-state index contributed by atoms with van der Waals surface area (Å²) in [5, 5.41) is 3.49. The third-order valence-corrected chi connectivity index (χ3v) is 7.78. The van der Waals surface area contributed by atoms with Gasteiger partial charge in [0.2, 0.25) is 0 Å². The molecule has 8 rings (SSSR count). The smallest absolute Gasteiger partial charge is 0.179 e. The molecule has 0 amide bonds. The van der Waals surface area contributed by atoms with Crippen molar-refractivity contribution in [3.63, 3.8) is 0 Å². The normalized spacial score (nSPS) is 11.2. The zero-order valence-corrected chi connectivity index (χ0v) is 23.7. The average Bonchev–Trinajstić information content (AvgIpc) is 3.12. The highest BCUT2D eigenvalue weighted by Gasteiger charge is 2.16. The molecule has 0 atom stereocenters. The van der Waals surface area contributed by atoms with E-state index >= 15 is 0 Å². The first-order chi connectivity index (χ1) is 21.8. The van der Waals surface area contributed by atoms with Crippen LogP contribution in [0.5, 0.6) is 0 Å². The maximum atomic E-state index is 5.12. The van der Waals surface area contributed by atoms with Crippen LogP contribution in [0.4, 0.5) is 0 Å². The van der Waals surface area contributed by atoms with Crippen LogP contribution in [-0.4, -0.2) is 24.9 Å². The van der Waals surface area contributed by atoms with Crippen molar-refractivity contribution in [1.29, 1.82) is 0 Å². The number of nitrogens with zero attached hydrogens (tertiary/aromatic N) is 5. The lowest BCUT2D eigenvalue weighted by Gasteiger charge is -2.14. The first kappa shape index (κ1) is 25.6. The van der Waals surface area contributed by atoms with E-state index in [1.807, 2.05) is 48.5 Å². The van der Waals surface area contributed by atoms with Crippen molar-refractivity contribution in [3.8, 4) is 56.5 Å². The number of rotatable bonds is 5. The first-order valence-electron chi connectivity index (χ1n) is 14.5. The summed E-state index contributed by atoms with van der Waals surface area (Å²) in [6, 6.07) is 47.5. The van der Waals surface area contributed by atoms with E-state index in [-0.39, 0.29) is 0 Å². The third kappa shape index (κ3) is 4.76. The zero-order chi connectivity index (χ0) is 29.3. The van der Waals surface area contributed by atoms with Crippen LogP contribution < -0.4 is 0 Å². The van der Waals surface area contributed by atoms with E-state index in [9.17, 15) is 0 Å². The van der Waals surface area contributed by atoms with E-state index in [0.29, 0.717) is 11.5 Å². The summed E-state index contributed by atoms with van der Waals surface area (Å²) in [5.41, 5.74) is 9.19. The van der Waals surface area contributed by atoms with Gasteiger partial charge in [-0.1, -0.05) is 91.0 Å². The second-order valence-electron chi connectivity index (χ2n) is 10.6. The Bertz CT molecular complexity index is 2210. The van der Waals surface area contributed by atoms with E-state index in [2.05, 4.69) is 101 Å². The minimum absolute atomic E-state index is 0.556. The molecular weight excluding hydrogens is 538 g/mol. The van der Waals surface area contributed by atoms with E-state index in [1.54, 1.807) is 12.4 Å². The summed E-state index contributed by atoms with van der Waals surface area (Å²) in [7, 11) is 0. The monoisotopic (exact) mass is 563 g/mol. The zero-order valence-electron chi connectivity index (χ0n) is 23.7. The number of pyridine rings is 3. The topological polar surface area (TPSA) is 64.5 Å². The van der Waals surface area contributed by atoms with Crippen LogP contribution in [0.25, 0.3) is 78.2 Å². The van der Waals surface area contributed by atoms with Gasteiger partial charge in [-0.05, 0) is 70.4 Å². The number of aromatic nitrogens is 5. The van der Waals surface area contributed by atoms with Crippen LogP contribution in [0.1, 0.15) is 0 Å². The van der Waals surface area contributed by atoms with Crippen molar-refractivity contribution in [1.82, 2.24) is 24.9 Å². The molecule has 5 heteroatoms. The van der Waals surface area contributed by atoms with Crippen molar-refractivity contribution < 1.29 is 0 Å². The Hall–Kier alpha value is -6.07. The fraction of sp³-hybridized carbons (Fsp3) is 0. The molecular formula is C39H25N5. The molecule has 0 aliphatic heterocycles. The Morgan fingerprint density at radius 2 is 1.07 bits per heavy atom. The number of fused-ring (bicyclic) bond motifs is 3. The van der Waals surface area contributed by atoms with Gasteiger partial charge in [0.1, 0.15) is 5.69 Å². The molecule has 44 heavy (non-hydrogen) atoms. The lowest BCUT2D eigenvalue weighted by Crippen LogP contribution is -1.98. The number of benzene rings is 4. The molecule has 0 radical (unpaired) electrons. The molecule has 4 heterocycles. The molecule has 0 saturated carbocycles. The molecule has 206 valence electrons. The van der Waals surface area contributed by atoms with Gasteiger partial charge in [0, 0.05) is 28.9 Å². The van der Waals surface area contributed by atoms with Crippen LogP contribution in [-0.2, 0) is 0 Å². The van der Waals surface area contributed by atoms with Crippen molar-refractivity contribution in [2.45, 2.75) is 0 Å². The summed E-state index contributed by atoms with van der Waals surface area (Å²) in [5.74, 6) is 0.556. The van der Waals surface area contributed by atoms with Crippen molar-refractivity contribution in [3.05, 3.63) is 152 Å². The summed E-state index contributed by atoms with van der Waals surface area (Å²) in [6.07, 6.45) is 3.54. The first-order valence-corrected chi connectivity index (χ1v) is 14.5. The highest BCUT2D eigenvalue weighted by molar-refractivity contribution is 6.14. The third-order valence-electron chi connectivity index (χ3n) is 7.78. The quantitative estimate of drug-likeness (QED) is 0.195. The maximum Gasteiger partial charge on any atom is 0.179 e. The fourth-order valence-corrected chi connectivity index (χ4v) is 5.69.